The van der Waals surface area contributed by atoms with Crippen molar-refractivity contribution in [2.24, 2.45) is 0 Å². The average Bonchev–Trinajstić information content (AvgIpc) is 2.72. The molecule has 2 rings (SSSR count). The Kier molecular flexibility index (Phi) is 3.28. The Labute approximate surface area is 105 Å². The van der Waals surface area contributed by atoms with Crippen LogP contribution in [0.1, 0.15) is 28.4 Å². The van der Waals surface area contributed by atoms with Crippen molar-refractivity contribution in [1.29, 1.82) is 0 Å². The Morgan fingerprint density at radius 1 is 1.35 bits per heavy atom. The number of nitrogen functional groups attached to an aromatic ring is 1. The van der Waals surface area contributed by atoms with Crippen LogP contribution in [0.5, 0.6) is 0 Å². The summed E-state index contributed by atoms with van der Waals surface area (Å²) in [5.41, 5.74) is 7.71. The van der Waals surface area contributed by atoms with Crippen molar-refractivity contribution in [3.63, 3.8) is 0 Å². The maximum atomic E-state index is 5.97. The fourth-order valence-electron chi connectivity index (χ4n) is 1.52. The highest BCUT2D eigenvalue weighted by molar-refractivity contribution is 7.11. The molecule has 0 fully saturated rings. The van der Waals surface area contributed by atoms with Crippen molar-refractivity contribution < 1.29 is 0 Å². The second kappa shape index (κ2) is 4.71. The predicted molar refractivity (Wildman–Crippen MR) is 72.3 cm³/mol. The molecule has 1 atom stereocenters. The van der Waals surface area contributed by atoms with Crippen molar-refractivity contribution in [1.82, 2.24) is 9.97 Å². The second-order valence-electron chi connectivity index (χ2n) is 4.07. The van der Waals surface area contributed by atoms with E-state index in [0.29, 0.717) is 5.69 Å². The number of pyridine rings is 1. The molecule has 0 amide bonds. The molecule has 0 radical (unpaired) electrons. The molecule has 0 aliphatic heterocycles. The third kappa shape index (κ3) is 2.55. The number of nitrogens with zero attached hydrogens (tertiary/aromatic N) is 2. The molecular formula is C12H16N4S. The lowest BCUT2D eigenvalue weighted by Gasteiger charge is -2.14. The molecule has 0 aliphatic rings. The molecule has 0 aliphatic carbocycles. The SMILES string of the molecule is Cc1cnc(C(C)Nc2nccc(C)c2N)s1. The monoisotopic (exact) mass is 248 g/mol. The van der Waals surface area contributed by atoms with Gasteiger partial charge in [-0.25, -0.2) is 9.97 Å². The van der Waals surface area contributed by atoms with Crippen LogP contribution in [0.15, 0.2) is 18.5 Å². The first-order valence-electron chi connectivity index (χ1n) is 5.48. The lowest BCUT2D eigenvalue weighted by atomic mass is 10.2. The average molecular weight is 248 g/mol. The van der Waals surface area contributed by atoms with Gasteiger partial charge in [-0.3, -0.25) is 0 Å². The highest BCUT2D eigenvalue weighted by atomic mass is 32.1. The van der Waals surface area contributed by atoms with Crippen LogP contribution in [-0.2, 0) is 0 Å². The normalized spacial score (nSPS) is 12.4. The first kappa shape index (κ1) is 11.9. The van der Waals surface area contributed by atoms with Crippen LogP contribution in [-0.4, -0.2) is 9.97 Å². The van der Waals surface area contributed by atoms with Gasteiger partial charge in [-0.2, -0.15) is 0 Å². The minimum atomic E-state index is 0.116. The van der Waals surface area contributed by atoms with Gasteiger partial charge in [-0.1, -0.05) is 0 Å². The third-order valence-corrected chi connectivity index (χ3v) is 3.67. The van der Waals surface area contributed by atoms with Gasteiger partial charge in [0.1, 0.15) is 10.8 Å². The van der Waals surface area contributed by atoms with Crippen molar-refractivity contribution >= 4 is 22.8 Å². The second-order valence-corrected chi connectivity index (χ2v) is 5.33. The zero-order chi connectivity index (χ0) is 12.4. The van der Waals surface area contributed by atoms with Crippen molar-refractivity contribution in [3.8, 4) is 0 Å². The Hall–Kier alpha value is -1.62. The van der Waals surface area contributed by atoms with Gasteiger partial charge in [0.05, 0.1) is 11.7 Å². The summed E-state index contributed by atoms with van der Waals surface area (Å²) < 4.78 is 0. The number of nitrogens with two attached hydrogens (primary N) is 1. The number of aromatic nitrogens is 2. The summed E-state index contributed by atoms with van der Waals surface area (Å²) in [4.78, 5) is 9.81. The van der Waals surface area contributed by atoms with Gasteiger partial charge < -0.3 is 11.1 Å². The largest absolute Gasteiger partial charge is 0.396 e. The lowest BCUT2D eigenvalue weighted by molar-refractivity contribution is 0.861. The number of hydrogen-bond donors (Lipinski definition) is 2. The highest BCUT2D eigenvalue weighted by Gasteiger charge is 2.12. The maximum Gasteiger partial charge on any atom is 0.149 e. The van der Waals surface area contributed by atoms with Crippen LogP contribution in [0.3, 0.4) is 0 Å². The number of hydrogen-bond acceptors (Lipinski definition) is 5. The molecule has 5 heteroatoms. The van der Waals surface area contributed by atoms with Gasteiger partial charge in [0.15, 0.2) is 0 Å². The van der Waals surface area contributed by atoms with E-state index in [0.717, 1.165) is 16.4 Å². The predicted octanol–water partition coefficient (Wildman–Crippen LogP) is 2.91. The molecule has 17 heavy (non-hydrogen) atoms. The van der Waals surface area contributed by atoms with Crippen LogP contribution in [0.2, 0.25) is 0 Å². The number of aryl methyl sites for hydroxylation is 2. The molecule has 0 spiro atoms. The summed E-state index contributed by atoms with van der Waals surface area (Å²) in [6.45, 7) is 6.08. The van der Waals surface area contributed by atoms with E-state index in [2.05, 4.69) is 22.2 Å². The smallest absolute Gasteiger partial charge is 0.149 e. The van der Waals surface area contributed by atoms with Crippen LogP contribution in [0.4, 0.5) is 11.5 Å². The van der Waals surface area contributed by atoms with Crippen LogP contribution < -0.4 is 11.1 Å². The van der Waals surface area contributed by atoms with Crippen molar-refractivity contribution in [3.05, 3.63) is 33.9 Å². The fraction of sp³-hybridized carbons (Fsp3) is 0.333. The van der Waals surface area contributed by atoms with Crippen LogP contribution in [0.25, 0.3) is 0 Å². The van der Waals surface area contributed by atoms with E-state index in [1.807, 2.05) is 26.1 Å². The first-order valence-corrected chi connectivity index (χ1v) is 6.29. The van der Waals surface area contributed by atoms with Crippen LogP contribution in [0, 0.1) is 13.8 Å². The van der Waals surface area contributed by atoms with Gasteiger partial charge in [-0.05, 0) is 32.4 Å². The topological polar surface area (TPSA) is 63.8 Å². The molecule has 0 aromatic carbocycles. The van der Waals surface area contributed by atoms with Gasteiger partial charge in [-0.15, -0.1) is 11.3 Å². The van der Waals surface area contributed by atoms with E-state index >= 15 is 0 Å². The molecule has 0 saturated carbocycles. The molecule has 90 valence electrons. The summed E-state index contributed by atoms with van der Waals surface area (Å²) in [5, 5.41) is 4.34. The summed E-state index contributed by atoms with van der Waals surface area (Å²) in [7, 11) is 0. The van der Waals surface area contributed by atoms with Gasteiger partial charge in [0, 0.05) is 17.3 Å². The minimum Gasteiger partial charge on any atom is -0.396 e. The van der Waals surface area contributed by atoms with Crippen molar-refractivity contribution in [2.75, 3.05) is 11.1 Å². The first-order chi connectivity index (χ1) is 8.08. The minimum absolute atomic E-state index is 0.116. The highest BCUT2D eigenvalue weighted by Crippen LogP contribution is 2.26. The van der Waals surface area contributed by atoms with Crippen LogP contribution >= 0.6 is 11.3 Å². The number of nitrogens with one attached hydrogen (secondary N) is 1. The fourth-order valence-corrected chi connectivity index (χ4v) is 2.30. The van der Waals surface area contributed by atoms with E-state index in [9.17, 15) is 0 Å². The maximum absolute atomic E-state index is 5.97. The number of thiazole rings is 1. The molecule has 2 heterocycles. The lowest BCUT2D eigenvalue weighted by Crippen LogP contribution is -2.10. The van der Waals surface area contributed by atoms with E-state index < -0.39 is 0 Å². The molecule has 3 N–H and O–H groups in total. The van der Waals surface area contributed by atoms with Gasteiger partial charge >= 0.3 is 0 Å². The Morgan fingerprint density at radius 2 is 2.12 bits per heavy atom. The molecular weight excluding hydrogens is 232 g/mol. The van der Waals surface area contributed by atoms with Gasteiger partial charge in [0.25, 0.3) is 0 Å². The summed E-state index contributed by atoms with van der Waals surface area (Å²) in [6, 6.07) is 2.02. The molecule has 4 nitrogen and oxygen atoms in total. The third-order valence-electron chi connectivity index (χ3n) is 2.57. The number of rotatable bonds is 3. The zero-order valence-electron chi connectivity index (χ0n) is 10.2. The Bertz CT molecular complexity index is 521. The molecule has 0 bridgehead atoms. The van der Waals surface area contributed by atoms with Crippen molar-refractivity contribution in [2.45, 2.75) is 26.8 Å². The molecule has 2 aromatic heterocycles. The number of anilines is 2. The summed E-state index contributed by atoms with van der Waals surface area (Å²) in [6.07, 6.45) is 3.64. The van der Waals surface area contributed by atoms with E-state index in [1.54, 1.807) is 17.5 Å². The summed E-state index contributed by atoms with van der Waals surface area (Å²) >= 11 is 1.68. The van der Waals surface area contributed by atoms with Gasteiger partial charge in [0.2, 0.25) is 0 Å². The Balaban J connectivity index is 2.18. The summed E-state index contributed by atoms with van der Waals surface area (Å²) in [5.74, 6) is 0.727. The van der Waals surface area contributed by atoms with E-state index in [1.165, 1.54) is 4.88 Å². The standard InChI is InChI=1S/C12H16N4S/c1-7-4-5-14-11(10(7)13)16-9(3)12-15-6-8(2)17-12/h4-6,9H,13H2,1-3H3,(H,14,16). The molecule has 2 aromatic rings. The zero-order valence-corrected chi connectivity index (χ0v) is 11.0. The molecule has 1 unspecified atom stereocenters. The molecule has 0 saturated heterocycles. The van der Waals surface area contributed by atoms with E-state index in [-0.39, 0.29) is 6.04 Å². The van der Waals surface area contributed by atoms with E-state index in [4.69, 9.17) is 5.73 Å². The Morgan fingerprint density at radius 3 is 2.76 bits per heavy atom. The quantitative estimate of drug-likeness (QED) is 0.876.